The van der Waals surface area contributed by atoms with Crippen LogP contribution >= 0.6 is 0 Å². The fourth-order valence-electron chi connectivity index (χ4n) is 2.29. The maximum absolute atomic E-state index is 6.00. The molecule has 1 atom stereocenters. The van der Waals surface area contributed by atoms with Crippen LogP contribution in [0.25, 0.3) is 11.2 Å². The lowest BCUT2D eigenvalue weighted by atomic mass is 10.2. The van der Waals surface area contributed by atoms with Gasteiger partial charge < -0.3 is 10.5 Å². The molecule has 0 fully saturated rings. The van der Waals surface area contributed by atoms with E-state index >= 15 is 0 Å². The van der Waals surface area contributed by atoms with E-state index in [1.165, 1.54) is 0 Å². The van der Waals surface area contributed by atoms with Crippen molar-refractivity contribution in [2.75, 3.05) is 19.5 Å². The van der Waals surface area contributed by atoms with Crippen LogP contribution in [0, 0.1) is 12.8 Å². The fourth-order valence-corrected chi connectivity index (χ4v) is 2.29. The van der Waals surface area contributed by atoms with Gasteiger partial charge in [-0.2, -0.15) is 5.10 Å². The minimum atomic E-state index is 0.384. The summed E-state index contributed by atoms with van der Waals surface area (Å²) < 4.78 is 9.15. The first-order valence-electron chi connectivity index (χ1n) is 6.26. The second-order valence-corrected chi connectivity index (χ2v) is 4.71. The number of anilines is 1. The van der Waals surface area contributed by atoms with Crippen LogP contribution in [-0.4, -0.2) is 33.0 Å². The summed E-state index contributed by atoms with van der Waals surface area (Å²) in [7, 11) is 1.71. The highest BCUT2D eigenvalue weighted by Gasteiger charge is 2.17. The summed E-state index contributed by atoms with van der Waals surface area (Å²) in [6.07, 6.45) is 0. The Balaban J connectivity index is 2.45. The highest BCUT2D eigenvalue weighted by molar-refractivity contribution is 5.77. The molecule has 2 aromatic rings. The number of aromatic nitrogens is 4. The molecule has 100 valence electrons. The van der Waals surface area contributed by atoms with E-state index in [9.17, 15) is 0 Å². The third-order valence-electron chi connectivity index (χ3n) is 3.07. The smallest absolute Gasteiger partial charge is 0.202 e. The Morgan fingerprint density at radius 2 is 2.17 bits per heavy atom. The minimum absolute atomic E-state index is 0.384. The molecule has 0 saturated heterocycles. The van der Waals surface area contributed by atoms with Gasteiger partial charge in [0.1, 0.15) is 5.52 Å². The molecule has 0 aromatic carbocycles. The van der Waals surface area contributed by atoms with Gasteiger partial charge >= 0.3 is 0 Å². The SMILES string of the molecule is CCn1nc(C)c2nc(N)n(CC(C)COC)c21. The minimum Gasteiger partial charge on any atom is -0.384 e. The van der Waals surface area contributed by atoms with Gasteiger partial charge in [0.15, 0.2) is 5.65 Å². The van der Waals surface area contributed by atoms with Crippen molar-refractivity contribution < 1.29 is 4.74 Å². The molecule has 2 heterocycles. The Bertz CT molecular complexity index is 542. The van der Waals surface area contributed by atoms with Gasteiger partial charge in [-0.15, -0.1) is 0 Å². The van der Waals surface area contributed by atoms with Crippen LogP contribution < -0.4 is 5.73 Å². The van der Waals surface area contributed by atoms with Crippen LogP contribution in [-0.2, 0) is 17.8 Å². The number of hydrogen-bond acceptors (Lipinski definition) is 4. The van der Waals surface area contributed by atoms with Crippen molar-refractivity contribution in [1.82, 2.24) is 19.3 Å². The molecular formula is C12H21N5O. The zero-order valence-corrected chi connectivity index (χ0v) is 11.5. The largest absolute Gasteiger partial charge is 0.384 e. The molecule has 1 unspecified atom stereocenters. The zero-order valence-electron chi connectivity index (χ0n) is 11.5. The van der Waals surface area contributed by atoms with Crippen molar-refractivity contribution in [1.29, 1.82) is 0 Å². The molecule has 0 radical (unpaired) electrons. The van der Waals surface area contributed by atoms with E-state index in [0.717, 1.165) is 29.9 Å². The highest BCUT2D eigenvalue weighted by Crippen LogP contribution is 2.22. The van der Waals surface area contributed by atoms with E-state index in [-0.39, 0.29) is 0 Å². The first-order chi connectivity index (χ1) is 8.58. The zero-order chi connectivity index (χ0) is 13.3. The van der Waals surface area contributed by atoms with Gasteiger partial charge in [-0.05, 0) is 19.8 Å². The molecule has 0 aliphatic heterocycles. The Morgan fingerprint density at radius 1 is 1.44 bits per heavy atom. The Morgan fingerprint density at radius 3 is 2.78 bits per heavy atom. The number of aryl methyl sites for hydroxylation is 2. The van der Waals surface area contributed by atoms with Gasteiger partial charge in [-0.3, -0.25) is 4.57 Å². The molecule has 0 amide bonds. The topological polar surface area (TPSA) is 70.9 Å². The van der Waals surface area contributed by atoms with Crippen molar-refractivity contribution in [2.45, 2.75) is 33.9 Å². The van der Waals surface area contributed by atoms with Crippen LogP contribution in [0.15, 0.2) is 0 Å². The molecule has 2 aromatic heterocycles. The van der Waals surface area contributed by atoms with Gasteiger partial charge in [0.2, 0.25) is 5.95 Å². The van der Waals surface area contributed by atoms with Gasteiger partial charge in [0.05, 0.1) is 12.3 Å². The van der Waals surface area contributed by atoms with E-state index in [4.69, 9.17) is 10.5 Å². The summed E-state index contributed by atoms with van der Waals surface area (Å²) in [4.78, 5) is 4.41. The molecule has 0 aliphatic rings. The second-order valence-electron chi connectivity index (χ2n) is 4.71. The summed E-state index contributed by atoms with van der Waals surface area (Å²) >= 11 is 0. The van der Waals surface area contributed by atoms with E-state index in [1.807, 2.05) is 16.2 Å². The predicted octanol–water partition coefficient (Wildman–Crippen LogP) is 1.43. The van der Waals surface area contributed by atoms with Crippen LogP contribution in [0.2, 0.25) is 0 Å². The molecule has 6 nitrogen and oxygen atoms in total. The van der Waals surface area contributed by atoms with Crippen molar-refractivity contribution in [3.8, 4) is 0 Å². The molecule has 2 N–H and O–H groups in total. The lowest BCUT2D eigenvalue weighted by Gasteiger charge is -2.13. The lowest BCUT2D eigenvalue weighted by molar-refractivity contribution is 0.152. The molecule has 0 aliphatic carbocycles. The molecule has 18 heavy (non-hydrogen) atoms. The van der Waals surface area contributed by atoms with E-state index in [1.54, 1.807) is 7.11 Å². The van der Waals surface area contributed by atoms with Gasteiger partial charge in [0, 0.05) is 20.2 Å². The maximum Gasteiger partial charge on any atom is 0.202 e. The summed E-state index contributed by atoms with van der Waals surface area (Å²) in [6, 6.07) is 0. The number of nitrogen functional groups attached to an aromatic ring is 1. The summed E-state index contributed by atoms with van der Waals surface area (Å²) in [6.45, 7) is 8.48. The quantitative estimate of drug-likeness (QED) is 0.872. The Hall–Kier alpha value is -1.56. The first kappa shape index (κ1) is 12.9. The van der Waals surface area contributed by atoms with Crippen LogP contribution in [0.5, 0.6) is 0 Å². The predicted molar refractivity (Wildman–Crippen MR) is 71.4 cm³/mol. The third-order valence-corrected chi connectivity index (χ3v) is 3.07. The average molecular weight is 251 g/mol. The van der Waals surface area contributed by atoms with Crippen LogP contribution in [0.4, 0.5) is 5.95 Å². The first-order valence-corrected chi connectivity index (χ1v) is 6.26. The van der Waals surface area contributed by atoms with Gasteiger partial charge in [-0.25, -0.2) is 9.67 Å². The molecule has 0 spiro atoms. The molecule has 2 rings (SSSR count). The number of ether oxygens (including phenoxy) is 1. The van der Waals surface area contributed by atoms with Crippen LogP contribution in [0.3, 0.4) is 0 Å². The highest BCUT2D eigenvalue weighted by atomic mass is 16.5. The molecular weight excluding hydrogens is 230 g/mol. The van der Waals surface area contributed by atoms with Crippen molar-refractivity contribution in [3.63, 3.8) is 0 Å². The van der Waals surface area contributed by atoms with E-state index in [0.29, 0.717) is 18.5 Å². The third kappa shape index (κ3) is 2.08. The van der Waals surface area contributed by atoms with E-state index < -0.39 is 0 Å². The Labute approximate surface area is 107 Å². The monoisotopic (exact) mass is 251 g/mol. The number of imidazole rings is 1. The normalized spacial score (nSPS) is 13.3. The maximum atomic E-state index is 6.00. The number of nitrogens with two attached hydrogens (primary N) is 1. The summed E-state index contributed by atoms with van der Waals surface area (Å²) in [5, 5.41) is 4.47. The summed E-state index contributed by atoms with van der Waals surface area (Å²) in [5.74, 6) is 0.936. The van der Waals surface area contributed by atoms with Crippen LogP contribution in [0.1, 0.15) is 19.5 Å². The standard InChI is InChI=1S/C12H21N5O/c1-5-17-11-10(9(3)15-17)14-12(13)16(11)6-8(2)7-18-4/h8H,5-7H2,1-4H3,(H2,13,14). The van der Waals surface area contributed by atoms with Gasteiger partial charge in [-0.1, -0.05) is 6.92 Å². The number of fused-ring (bicyclic) bond motifs is 1. The lowest BCUT2D eigenvalue weighted by Crippen LogP contribution is -2.16. The van der Waals surface area contributed by atoms with Crippen molar-refractivity contribution in [2.24, 2.45) is 5.92 Å². The second kappa shape index (κ2) is 4.97. The number of rotatable bonds is 5. The van der Waals surface area contributed by atoms with E-state index in [2.05, 4.69) is 23.9 Å². The van der Waals surface area contributed by atoms with Crippen molar-refractivity contribution in [3.05, 3.63) is 5.69 Å². The molecule has 0 saturated carbocycles. The average Bonchev–Trinajstić information content (AvgIpc) is 2.79. The molecule has 0 bridgehead atoms. The van der Waals surface area contributed by atoms with Crippen molar-refractivity contribution >= 4 is 17.1 Å². The number of nitrogens with zero attached hydrogens (tertiary/aromatic N) is 4. The molecule has 6 heteroatoms. The number of hydrogen-bond donors (Lipinski definition) is 1. The fraction of sp³-hybridized carbons (Fsp3) is 0.667. The number of methoxy groups -OCH3 is 1. The summed E-state index contributed by atoms with van der Waals surface area (Å²) in [5.41, 5.74) is 8.84. The van der Waals surface area contributed by atoms with Gasteiger partial charge in [0.25, 0.3) is 0 Å². The Kier molecular flexibility index (Phi) is 3.56.